The predicted molar refractivity (Wildman–Crippen MR) is 128 cm³/mol. The second kappa shape index (κ2) is 8.25. The van der Waals surface area contributed by atoms with E-state index >= 15 is 4.39 Å². The molecule has 2 aliphatic heterocycles. The number of aromatic nitrogens is 3. The van der Waals surface area contributed by atoms with Gasteiger partial charge in [-0.25, -0.2) is 13.9 Å². The van der Waals surface area contributed by atoms with E-state index in [1.807, 2.05) is 0 Å². The Balaban J connectivity index is 1.59. The first-order valence-electron chi connectivity index (χ1n) is 10.8. The van der Waals surface area contributed by atoms with Crippen LogP contribution < -0.4 is 10.1 Å². The van der Waals surface area contributed by atoms with Crippen LogP contribution >= 0.6 is 11.6 Å². The summed E-state index contributed by atoms with van der Waals surface area (Å²) in [4.78, 5) is 16.3. The van der Waals surface area contributed by atoms with Gasteiger partial charge < -0.3 is 14.8 Å². The third kappa shape index (κ3) is 3.45. The fourth-order valence-electron chi connectivity index (χ4n) is 4.62. The van der Waals surface area contributed by atoms with Crippen LogP contribution in [0.1, 0.15) is 39.2 Å². The van der Waals surface area contributed by atoms with Crippen molar-refractivity contribution >= 4 is 29.2 Å². The number of fused-ring (bicyclic) bond motifs is 3. The molecule has 174 valence electrons. The molecule has 0 aliphatic carbocycles. The van der Waals surface area contributed by atoms with Gasteiger partial charge in [0, 0.05) is 21.7 Å². The van der Waals surface area contributed by atoms with Crippen LogP contribution in [0.2, 0.25) is 5.02 Å². The van der Waals surface area contributed by atoms with Gasteiger partial charge in [0.05, 0.1) is 18.4 Å². The lowest BCUT2D eigenvalue weighted by atomic mass is 9.84. The maximum atomic E-state index is 15.2. The first-order chi connectivity index (χ1) is 17.0. The molecule has 0 amide bonds. The summed E-state index contributed by atoms with van der Waals surface area (Å²) >= 11 is 6.34. The standard InChI is InChI=1S/C26H18ClFN4O3/c1-34-25(33)15-8-6-14(7-9-15)24-21-22(18-12-16(27)10-11-20(18)35-24)31-26-29-13-30-32(26)23(21)17-4-2-3-5-19(17)28/h2-13,23-24H,1H3,(H,29,30,31)/t23-,24+/m1/s1. The van der Waals surface area contributed by atoms with Crippen LogP contribution in [0.4, 0.5) is 10.3 Å². The van der Waals surface area contributed by atoms with Gasteiger partial charge in [-0.15, -0.1) is 0 Å². The van der Waals surface area contributed by atoms with Crippen molar-refractivity contribution in [3.05, 3.63) is 112 Å². The Labute approximate surface area is 204 Å². The van der Waals surface area contributed by atoms with E-state index in [2.05, 4.69) is 15.4 Å². The van der Waals surface area contributed by atoms with Crippen molar-refractivity contribution < 1.29 is 18.7 Å². The number of halogens is 2. The molecule has 0 radical (unpaired) electrons. The normalized spacial score (nSPS) is 18.0. The summed E-state index contributed by atoms with van der Waals surface area (Å²) in [6.07, 6.45) is 0.814. The fraction of sp³-hybridized carbons (Fsp3) is 0.115. The van der Waals surface area contributed by atoms with Gasteiger partial charge in [0.15, 0.2) is 0 Å². The van der Waals surface area contributed by atoms with Crippen LogP contribution in [-0.2, 0) is 4.74 Å². The smallest absolute Gasteiger partial charge is 0.337 e. The Hall–Kier alpha value is -4.17. The van der Waals surface area contributed by atoms with Gasteiger partial charge in [0.2, 0.25) is 5.95 Å². The van der Waals surface area contributed by atoms with Crippen molar-refractivity contribution in [2.45, 2.75) is 12.1 Å². The van der Waals surface area contributed by atoms with Gasteiger partial charge in [0.25, 0.3) is 0 Å². The molecule has 6 rings (SSSR count). The number of hydrogen-bond acceptors (Lipinski definition) is 6. The first kappa shape index (κ1) is 21.4. The molecule has 2 aliphatic rings. The van der Waals surface area contributed by atoms with Crippen LogP contribution in [0.5, 0.6) is 5.75 Å². The van der Waals surface area contributed by atoms with Crippen molar-refractivity contribution in [3.63, 3.8) is 0 Å². The second-order valence-electron chi connectivity index (χ2n) is 8.16. The molecule has 0 bridgehead atoms. The minimum Gasteiger partial charge on any atom is -0.480 e. The maximum Gasteiger partial charge on any atom is 0.337 e. The summed E-state index contributed by atoms with van der Waals surface area (Å²) in [5.41, 5.74) is 3.83. The van der Waals surface area contributed by atoms with E-state index in [1.165, 1.54) is 19.5 Å². The van der Waals surface area contributed by atoms with Crippen LogP contribution in [-0.4, -0.2) is 27.8 Å². The number of rotatable bonds is 3. The SMILES string of the molecule is COC(=O)c1ccc([C@@H]2Oc3ccc(Cl)cc3C3=C2[C@@H](c2ccccc2F)n2ncnc2N3)cc1. The molecular formula is C26H18ClFN4O3. The molecule has 7 nitrogen and oxygen atoms in total. The summed E-state index contributed by atoms with van der Waals surface area (Å²) in [5.74, 6) is 0.286. The maximum absolute atomic E-state index is 15.2. The quantitative estimate of drug-likeness (QED) is 0.388. The fourth-order valence-corrected chi connectivity index (χ4v) is 4.80. The number of esters is 1. The Morgan fingerprint density at radius 2 is 1.94 bits per heavy atom. The van der Waals surface area contributed by atoms with Crippen molar-refractivity contribution in [2.75, 3.05) is 12.4 Å². The number of anilines is 1. The van der Waals surface area contributed by atoms with Crippen LogP contribution in [0.3, 0.4) is 0 Å². The zero-order valence-corrected chi connectivity index (χ0v) is 19.2. The number of ether oxygens (including phenoxy) is 2. The molecule has 1 N–H and O–H groups in total. The lowest BCUT2D eigenvalue weighted by Gasteiger charge is -2.39. The molecule has 0 fully saturated rings. The van der Waals surface area contributed by atoms with Crippen LogP contribution in [0.15, 0.2) is 78.6 Å². The van der Waals surface area contributed by atoms with E-state index < -0.39 is 18.1 Å². The van der Waals surface area contributed by atoms with E-state index in [1.54, 1.807) is 65.3 Å². The third-order valence-electron chi connectivity index (χ3n) is 6.21. The Bertz CT molecular complexity index is 1500. The van der Waals surface area contributed by atoms with Gasteiger partial charge in [-0.1, -0.05) is 41.9 Å². The van der Waals surface area contributed by atoms with Gasteiger partial charge in [0.1, 0.15) is 30.0 Å². The summed E-state index contributed by atoms with van der Waals surface area (Å²) in [5, 5.41) is 8.29. The Morgan fingerprint density at radius 1 is 1.14 bits per heavy atom. The minimum atomic E-state index is -0.637. The highest BCUT2D eigenvalue weighted by molar-refractivity contribution is 6.30. The van der Waals surface area contributed by atoms with Crippen LogP contribution in [0, 0.1) is 5.82 Å². The summed E-state index contributed by atoms with van der Waals surface area (Å²) in [7, 11) is 1.34. The minimum absolute atomic E-state index is 0.371. The largest absolute Gasteiger partial charge is 0.480 e. The van der Waals surface area contributed by atoms with Gasteiger partial charge in [-0.2, -0.15) is 10.1 Å². The number of carbonyl (C=O) groups excluding carboxylic acids is 1. The molecule has 0 saturated heterocycles. The summed E-state index contributed by atoms with van der Waals surface area (Å²) < 4.78 is 28.1. The molecule has 4 aromatic rings. The monoisotopic (exact) mass is 488 g/mol. The summed E-state index contributed by atoms with van der Waals surface area (Å²) in [6, 6.07) is 18.3. The molecule has 0 spiro atoms. The topological polar surface area (TPSA) is 78.3 Å². The number of hydrogen-bond donors (Lipinski definition) is 1. The van der Waals surface area contributed by atoms with E-state index in [-0.39, 0.29) is 5.82 Å². The van der Waals surface area contributed by atoms with E-state index in [4.69, 9.17) is 21.1 Å². The third-order valence-corrected chi connectivity index (χ3v) is 6.45. The zero-order valence-electron chi connectivity index (χ0n) is 18.4. The highest BCUT2D eigenvalue weighted by Gasteiger charge is 2.41. The van der Waals surface area contributed by atoms with Gasteiger partial charge >= 0.3 is 5.97 Å². The lowest BCUT2D eigenvalue weighted by molar-refractivity contribution is 0.0600. The number of nitrogens with zero attached hydrogens (tertiary/aromatic N) is 3. The van der Waals surface area contributed by atoms with Crippen LogP contribution in [0.25, 0.3) is 5.70 Å². The number of methoxy groups -OCH3 is 1. The molecule has 0 saturated carbocycles. The number of benzene rings is 3. The van der Waals surface area contributed by atoms with Crippen molar-refractivity contribution in [2.24, 2.45) is 0 Å². The molecular weight excluding hydrogens is 471 g/mol. The average Bonchev–Trinajstić information content (AvgIpc) is 3.36. The van der Waals surface area contributed by atoms with Crippen molar-refractivity contribution in [1.82, 2.24) is 14.8 Å². The Morgan fingerprint density at radius 3 is 2.71 bits per heavy atom. The zero-order chi connectivity index (χ0) is 24.1. The predicted octanol–water partition coefficient (Wildman–Crippen LogP) is 5.42. The molecule has 2 atom stereocenters. The lowest BCUT2D eigenvalue weighted by Crippen LogP contribution is -2.32. The molecule has 35 heavy (non-hydrogen) atoms. The van der Waals surface area contributed by atoms with Gasteiger partial charge in [-0.3, -0.25) is 0 Å². The van der Waals surface area contributed by atoms with Crippen molar-refractivity contribution in [1.29, 1.82) is 0 Å². The highest BCUT2D eigenvalue weighted by Crippen LogP contribution is 2.51. The molecule has 0 unspecified atom stereocenters. The average molecular weight is 489 g/mol. The first-order valence-corrected chi connectivity index (χ1v) is 11.2. The van der Waals surface area contributed by atoms with E-state index in [0.717, 1.165) is 22.4 Å². The van der Waals surface area contributed by atoms with Crippen molar-refractivity contribution in [3.8, 4) is 5.75 Å². The number of nitrogens with one attached hydrogen (secondary N) is 1. The molecule has 3 heterocycles. The Kier molecular flexibility index (Phi) is 5.04. The summed E-state index contributed by atoms with van der Waals surface area (Å²) in [6.45, 7) is 0. The van der Waals surface area contributed by atoms with E-state index in [0.29, 0.717) is 27.8 Å². The number of carbonyl (C=O) groups is 1. The molecule has 3 aromatic carbocycles. The van der Waals surface area contributed by atoms with Gasteiger partial charge in [-0.05, 0) is 42.0 Å². The second-order valence-corrected chi connectivity index (χ2v) is 8.60. The molecule has 1 aromatic heterocycles. The van der Waals surface area contributed by atoms with E-state index in [9.17, 15) is 4.79 Å². The molecule has 9 heteroatoms. The highest BCUT2D eigenvalue weighted by atomic mass is 35.5.